The van der Waals surface area contributed by atoms with Gasteiger partial charge in [0, 0.05) is 23.4 Å². The highest BCUT2D eigenvalue weighted by molar-refractivity contribution is 7.89. The number of pyridine rings is 1. The highest BCUT2D eigenvalue weighted by Gasteiger charge is 2.29. The number of nitrogens with two attached hydrogens (primary N) is 1. The zero-order chi connectivity index (χ0) is 23.8. The number of amides is 1. The summed E-state index contributed by atoms with van der Waals surface area (Å²) in [6.07, 6.45) is 0.709. The first-order valence-corrected chi connectivity index (χ1v) is 11.6. The van der Waals surface area contributed by atoms with Crippen LogP contribution < -0.4 is 20.8 Å². The average molecular weight is 468 g/mol. The van der Waals surface area contributed by atoms with Crippen LogP contribution in [0.5, 0.6) is 5.75 Å². The lowest BCUT2D eigenvalue weighted by Gasteiger charge is -2.24. The normalized spacial score (nSPS) is 15.6. The Bertz CT molecular complexity index is 1390. The zero-order valence-electron chi connectivity index (χ0n) is 17.6. The number of Topliss-reactive ketones (excluding diaryl/α,β-unsaturated/α-hetero) is 1. The number of hydrogen-bond donors (Lipinski definition) is 3. The van der Waals surface area contributed by atoms with Gasteiger partial charge in [-0.05, 0) is 60.4 Å². The Hall–Kier alpha value is -3.76. The standard InChI is InChI=1S/C23H21N3O6S/c1-32-16-6-2-13(3-7-16)14-10-20-18(21(27)11-14)12-19(23(29)26-20)22(28)25-15-4-8-17(9-5-15)33(24,30)31/h2-9,12,14H,10-11H2,1H3,(H,25,28)(H,26,29)(H2,24,30,31)/t14-/m0/s1. The molecule has 0 fully saturated rings. The second kappa shape index (κ2) is 8.64. The van der Waals surface area contributed by atoms with E-state index in [4.69, 9.17) is 9.88 Å². The summed E-state index contributed by atoms with van der Waals surface area (Å²) in [6.45, 7) is 0. The number of rotatable bonds is 5. The van der Waals surface area contributed by atoms with Crippen LogP contribution in [0.1, 0.15) is 44.3 Å². The number of methoxy groups -OCH3 is 1. The maximum atomic E-state index is 12.8. The Morgan fingerprint density at radius 1 is 1.06 bits per heavy atom. The molecular formula is C23H21N3O6S. The Kier molecular flexibility index (Phi) is 5.88. The Balaban J connectivity index is 1.56. The van der Waals surface area contributed by atoms with Crippen molar-refractivity contribution in [2.24, 2.45) is 5.14 Å². The quantitative estimate of drug-likeness (QED) is 0.524. The van der Waals surface area contributed by atoms with Gasteiger partial charge < -0.3 is 15.0 Å². The lowest BCUT2D eigenvalue weighted by atomic mass is 9.81. The van der Waals surface area contributed by atoms with E-state index < -0.39 is 21.5 Å². The molecular weight excluding hydrogens is 446 g/mol. The number of benzene rings is 2. The first-order valence-electron chi connectivity index (χ1n) is 10.0. The third-order valence-corrected chi connectivity index (χ3v) is 6.51. The summed E-state index contributed by atoms with van der Waals surface area (Å²) < 4.78 is 27.9. The van der Waals surface area contributed by atoms with Gasteiger partial charge in [-0.15, -0.1) is 0 Å². The lowest BCUT2D eigenvalue weighted by molar-refractivity contribution is 0.0963. The van der Waals surface area contributed by atoms with E-state index in [9.17, 15) is 22.8 Å². The molecule has 170 valence electrons. The summed E-state index contributed by atoms with van der Waals surface area (Å²) >= 11 is 0. The summed E-state index contributed by atoms with van der Waals surface area (Å²) in [7, 11) is -2.29. The predicted molar refractivity (Wildman–Crippen MR) is 121 cm³/mol. The molecule has 0 saturated heterocycles. The monoisotopic (exact) mass is 467 g/mol. The number of carbonyl (C=O) groups is 2. The number of aromatic nitrogens is 1. The molecule has 0 bridgehead atoms. The predicted octanol–water partition coefficient (Wildman–Crippen LogP) is 2.20. The van der Waals surface area contributed by atoms with E-state index in [1.807, 2.05) is 24.3 Å². The van der Waals surface area contributed by atoms with Crippen molar-refractivity contribution in [3.8, 4) is 5.75 Å². The number of ether oxygens (including phenoxy) is 1. The van der Waals surface area contributed by atoms with Crippen LogP contribution in [-0.2, 0) is 16.4 Å². The summed E-state index contributed by atoms with van der Waals surface area (Å²) in [4.78, 5) is 40.7. The van der Waals surface area contributed by atoms with Crippen LogP contribution in [0.15, 0.2) is 64.3 Å². The van der Waals surface area contributed by atoms with Crippen molar-refractivity contribution in [3.63, 3.8) is 0 Å². The van der Waals surface area contributed by atoms with E-state index in [-0.39, 0.29) is 34.3 Å². The van der Waals surface area contributed by atoms with Crippen molar-refractivity contribution in [2.75, 3.05) is 12.4 Å². The second-order valence-corrected chi connectivity index (χ2v) is 9.29. The number of hydrogen-bond acceptors (Lipinski definition) is 6. The van der Waals surface area contributed by atoms with Gasteiger partial charge >= 0.3 is 0 Å². The van der Waals surface area contributed by atoms with Gasteiger partial charge in [0.05, 0.1) is 12.0 Å². The molecule has 33 heavy (non-hydrogen) atoms. The van der Waals surface area contributed by atoms with Gasteiger partial charge in [0.2, 0.25) is 10.0 Å². The molecule has 1 aliphatic rings. The van der Waals surface area contributed by atoms with Crippen LogP contribution >= 0.6 is 0 Å². The third-order valence-electron chi connectivity index (χ3n) is 5.58. The number of fused-ring (bicyclic) bond motifs is 1. The fraction of sp³-hybridized carbons (Fsp3) is 0.174. The van der Waals surface area contributed by atoms with E-state index in [1.165, 1.54) is 30.3 Å². The lowest BCUT2D eigenvalue weighted by Crippen LogP contribution is -2.29. The minimum absolute atomic E-state index is 0.0939. The highest BCUT2D eigenvalue weighted by atomic mass is 32.2. The maximum absolute atomic E-state index is 12.8. The van der Waals surface area contributed by atoms with E-state index >= 15 is 0 Å². The molecule has 0 aliphatic heterocycles. The number of nitrogens with one attached hydrogen (secondary N) is 2. The molecule has 1 aliphatic carbocycles. The molecule has 1 aromatic heterocycles. The first kappa shape index (κ1) is 22.4. The Morgan fingerprint density at radius 2 is 1.73 bits per heavy atom. The molecule has 1 heterocycles. The van der Waals surface area contributed by atoms with Crippen LogP contribution in [-0.4, -0.2) is 32.2 Å². The summed E-state index contributed by atoms with van der Waals surface area (Å²) in [5.74, 6) is -0.263. The summed E-state index contributed by atoms with van der Waals surface area (Å²) in [5, 5.41) is 7.59. The van der Waals surface area contributed by atoms with Crippen molar-refractivity contribution in [1.29, 1.82) is 0 Å². The molecule has 1 atom stereocenters. The third kappa shape index (κ3) is 4.71. The van der Waals surface area contributed by atoms with Crippen molar-refractivity contribution in [2.45, 2.75) is 23.7 Å². The zero-order valence-corrected chi connectivity index (χ0v) is 18.4. The van der Waals surface area contributed by atoms with Crippen molar-refractivity contribution in [1.82, 2.24) is 4.98 Å². The molecule has 1 amide bonds. The molecule has 4 rings (SSSR count). The van der Waals surface area contributed by atoms with Gasteiger partial charge in [-0.1, -0.05) is 12.1 Å². The van der Waals surface area contributed by atoms with E-state index in [2.05, 4.69) is 10.3 Å². The number of ketones is 1. The van der Waals surface area contributed by atoms with Gasteiger partial charge in [-0.2, -0.15) is 0 Å². The van der Waals surface area contributed by atoms with Crippen LogP contribution in [0.25, 0.3) is 0 Å². The van der Waals surface area contributed by atoms with Crippen LogP contribution in [0.2, 0.25) is 0 Å². The average Bonchev–Trinajstić information content (AvgIpc) is 2.78. The van der Waals surface area contributed by atoms with Crippen LogP contribution in [0.4, 0.5) is 5.69 Å². The fourth-order valence-electron chi connectivity index (χ4n) is 3.84. The maximum Gasteiger partial charge on any atom is 0.261 e. The second-order valence-electron chi connectivity index (χ2n) is 7.73. The van der Waals surface area contributed by atoms with Crippen molar-refractivity contribution >= 4 is 27.4 Å². The van der Waals surface area contributed by atoms with Gasteiger partial charge in [0.15, 0.2) is 5.78 Å². The molecule has 10 heteroatoms. The Labute approximate surface area is 189 Å². The number of anilines is 1. The van der Waals surface area contributed by atoms with Crippen LogP contribution in [0, 0.1) is 0 Å². The number of aromatic amines is 1. The fourth-order valence-corrected chi connectivity index (χ4v) is 4.35. The van der Waals surface area contributed by atoms with E-state index in [1.54, 1.807) is 7.11 Å². The summed E-state index contributed by atoms with van der Waals surface area (Å²) in [5.41, 5.74) is 1.21. The van der Waals surface area contributed by atoms with Crippen molar-refractivity contribution in [3.05, 3.63) is 87.3 Å². The first-order chi connectivity index (χ1) is 15.7. The Morgan fingerprint density at radius 3 is 2.33 bits per heavy atom. The number of carbonyl (C=O) groups excluding carboxylic acids is 2. The molecule has 0 radical (unpaired) electrons. The summed E-state index contributed by atoms with van der Waals surface area (Å²) in [6, 6.07) is 13.9. The topological polar surface area (TPSA) is 148 Å². The van der Waals surface area contributed by atoms with Crippen molar-refractivity contribution < 1.29 is 22.7 Å². The SMILES string of the molecule is COc1ccc([C@@H]2CC(=O)c3cc(C(=O)Nc4ccc(S(N)(=O)=O)cc4)c(=O)[nH]c3C2)cc1. The molecule has 0 unspecified atom stereocenters. The van der Waals surface area contributed by atoms with Crippen LogP contribution in [0.3, 0.4) is 0 Å². The van der Waals surface area contributed by atoms with E-state index in [0.29, 0.717) is 23.4 Å². The molecule has 0 spiro atoms. The highest BCUT2D eigenvalue weighted by Crippen LogP contribution is 2.32. The molecule has 0 saturated carbocycles. The molecule has 9 nitrogen and oxygen atoms in total. The molecule has 4 N–H and O–H groups in total. The minimum atomic E-state index is -3.86. The van der Waals surface area contributed by atoms with Gasteiger partial charge in [0.1, 0.15) is 11.3 Å². The molecule has 3 aromatic rings. The smallest absolute Gasteiger partial charge is 0.261 e. The van der Waals surface area contributed by atoms with E-state index in [0.717, 1.165) is 5.56 Å². The number of primary sulfonamides is 1. The van der Waals surface area contributed by atoms with Gasteiger partial charge in [0.25, 0.3) is 11.5 Å². The molecule has 2 aromatic carbocycles. The van der Waals surface area contributed by atoms with Gasteiger partial charge in [-0.3, -0.25) is 14.4 Å². The minimum Gasteiger partial charge on any atom is -0.497 e. The number of H-pyrrole nitrogens is 1. The number of sulfonamides is 1. The van der Waals surface area contributed by atoms with Gasteiger partial charge in [-0.25, -0.2) is 13.6 Å². The largest absolute Gasteiger partial charge is 0.497 e.